The lowest BCUT2D eigenvalue weighted by Crippen LogP contribution is -2.01. The van der Waals surface area contributed by atoms with Crippen LogP contribution in [-0.4, -0.2) is 16.2 Å². The van der Waals surface area contributed by atoms with Crippen LogP contribution >= 0.6 is 12.1 Å². The van der Waals surface area contributed by atoms with Crippen LogP contribution in [0.3, 0.4) is 0 Å². The van der Waals surface area contributed by atoms with E-state index in [1.807, 2.05) is 0 Å². The highest BCUT2D eigenvalue weighted by molar-refractivity contribution is 7.95. The molecule has 0 atom stereocenters. The molecule has 6 heavy (non-hydrogen) atoms. The van der Waals surface area contributed by atoms with Crippen LogP contribution in [0.4, 0.5) is 0 Å². The molecule has 0 spiro atoms. The minimum absolute atomic E-state index is 0.556. The van der Waals surface area contributed by atoms with Crippen LogP contribution in [0.15, 0.2) is 4.40 Å². The van der Waals surface area contributed by atoms with Gasteiger partial charge in [0.15, 0.2) is 0 Å². The molecule has 0 radical (unpaired) electrons. The summed E-state index contributed by atoms with van der Waals surface area (Å²) in [7, 11) is 0. The summed E-state index contributed by atoms with van der Waals surface area (Å²) in [5.41, 5.74) is 0. The Bertz CT molecular complexity index is 65.9. The SMILES string of the molecule is ON1OC=NS1. The molecule has 0 aromatic heterocycles. The average molecular weight is 106 g/mol. The van der Waals surface area contributed by atoms with E-state index in [4.69, 9.17) is 5.21 Å². The van der Waals surface area contributed by atoms with Gasteiger partial charge in [-0.05, 0) is 0 Å². The first-order chi connectivity index (χ1) is 2.89. The number of nitrogens with zero attached hydrogens (tertiary/aromatic N) is 2. The molecule has 1 aliphatic rings. The van der Waals surface area contributed by atoms with E-state index in [9.17, 15) is 0 Å². The maximum Gasteiger partial charge on any atom is 0.213 e. The van der Waals surface area contributed by atoms with Gasteiger partial charge in [0.2, 0.25) is 6.40 Å². The van der Waals surface area contributed by atoms with Crippen molar-refractivity contribution < 1.29 is 10.0 Å². The third-order valence-corrected chi connectivity index (χ3v) is 0.703. The van der Waals surface area contributed by atoms with E-state index < -0.39 is 0 Å². The van der Waals surface area contributed by atoms with E-state index in [2.05, 4.69) is 9.24 Å². The van der Waals surface area contributed by atoms with Crippen LogP contribution in [0.25, 0.3) is 0 Å². The Hall–Kier alpha value is -0.260. The van der Waals surface area contributed by atoms with E-state index in [1.165, 1.54) is 0 Å². The number of hydrogen-bond acceptors (Lipinski definition) is 5. The second-order valence-electron chi connectivity index (χ2n) is 0.636. The largest absolute Gasteiger partial charge is 0.356 e. The van der Waals surface area contributed by atoms with Crippen molar-refractivity contribution in [1.29, 1.82) is 0 Å². The molecule has 0 aliphatic carbocycles. The fraction of sp³-hybridized carbons (Fsp3) is 0. The molecule has 1 N–H and O–H groups in total. The van der Waals surface area contributed by atoms with E-state index in [-0.39, 0.29) is 0 Å². The highest BCUT2D eigenvalue weighted by atomic mass is 32.2. The number of hydrogen-bond donors (Lipinski definition) is 1. The molecule has 0 bridgehead atoms. The molecule has 0 unspecified atom stereocenters. The fourth-order valence-electron chi connectivity index (χ4n) is 0.138. The molecule has 0 fully saturated rings. The van der Waals surface area contributed by atoms with Gasteiger partial charge in [0.25, 0.3) is 0 Å². The van der Waals surface area contributed by atoms with Gasteiger partial charge in [0, 0.05) is 0 Å². The second-order valence-corrected chi connectivity index (χ2v) is 1.32. The molecule has 4 nitrogen and oxygen atoms in total. The quantitative estimate of drug-likeness (QED) is 0.448. The standard InChI is InChI=1S/CH2N2O2S/c4-3-5-1-2-6-3/h1,4H. The molecule has 34 valence electrons. The van der Waals surface area contributed by atoms with Crippen LogP contribution < -0.4 is 0 Å². The van der Waals surface area contributed by atoms with Gasteiger partial charge in [0.05, 0.1) is 4.63 Å². The molecule has 1 rings (SSSR count). The molecule has 0 saturated heterocycles. The van der Waals surface area contributed by atoms with Crippen molar-refractivity contribution in [2.24, 2.45) is 4.40 Å². The van der Waals surface area contributed by atoms with Crippen molar-refractivity contribution in [2.75, 3.05) is 0 Å². The van der Waals surface area contributed by atoms with Crippen molar-refractivity contribution in [2.45, 2.75) is 0 Å². The zero-order valence-electron chi connectivity index (χ0n) is 2.74. The summed E-state index contributed by atoms with van der Waals surface area (Å²) >= 11 is 0.833. The average Bonchev–Trinajstić information content (AvgIpc) is 1.86. The zero-order chi connectivity index (χ0) is 4.41. The third kappa shape index (κ3) is 0.618. The predicted molar refractivity (Wildman–Crippen MR) is 20.8 cm³/mol. The van der Waals surface area contributed by atoms with Crippen molar-refractivity contribution >= 4 is 18.5 Å². The van der Waals surface area contributed by atoms with Gasteiger partial charge >= 0.3 is 0 Å². The Morgan fingerprint density at radius 2 is 2.83 bits per heavy atom. The van der Waals surface area contributed by atoms with E-state index in [0.29, 0.717) is 4.63 Å². The summed E-state index contributed by atoms with van der Waals surface area (Å²) in [6.07, 6.45) is 1.14. The van der Waals surface area contributed by atoms with Crippen LogP contribution in [0, 0.1) is 0 Å². The Kier molecular flexibility index (Phi) is 0.952. The molecule has 5 heteroatoms. The maximum atomic E-state index is 8.18. The fourth-order valence-corrected chi connectivity index (χ4v) is 0.373. The van der Waals surface area contributed by atoms with Gasteiger partial charge in [-0.15, -0.1) is 0 Å². The Balaban J connectivity index is 2.32. The van der Waals surface area contributed by atoms with Gasteiger partial charge in [-0.2, -0.15) is 4.40 Å². The van der Waals surface area contributed by atoms with E-state index in [1.54, 1.807) is 0 Å². The van der Waals surface area contributed by atoms with Crippen molar-refractivity contribution in [3.05, 3.63) is 0 Å². The monoisotopic (exact) mass is 106 g/mol. The van der Waals surface area contributed by atoms with Gasteiger partial charge in [0.1, 0.15) is 12.1 Å². The second kappa shape index (κ2) is 1.46. The van der Waals surface area contributed by atoms with E-state index in [0.717, 1.165) is 18.5 Å². The minimum Gasteiger partial charge on any atom is -0.356 e. The normalized spacial score (nSPS) is 21.5. The smallest absolute Gasteiger partial charge is 0.213 e. The minimum atomic E-state index is 0.556. The first-order valence-corrected chi connectivity index (χ1v) is 1.97. The highest BCUT2D eigenvalue weighted by Crippen LogP contribution is 2.11. The topological polar surface area (TPSA) is 45.1 Å². The molecule has 1 aliphatic heterocycles. The Morgan fingerprint density at radius 1 is 2.00 bits per heavy atom. The lowest BCUT2D eigenvalue weighted by atomic mass is 11.6. The van der Waals surface area contributed by atoms with Gasteiger partial charge < -0.3 is 4.84 Å². The van der Waals surface area contributed by atoms with Gasteiger partial charge in [-0.25, -0.2) is 0 Å². The van der Waals surface area contributed by atoms with Crippen LogP contribution in [-0.2, 0) is 4.84 Å². The van der Waals surface area contributed by atoms with Crippen molar-refractivity contribution in [1.82, 2.24) is 4.63 Å². The molecular weight excluding hydrogens is 104 g/mol. The first kappa shape index (κ1) is 3.91. The van der Waals surface area contributed by atoms with Crippen molar-refractivity contribution in [3.8, 4) is 0 Å². The lowest BCUT2D eigenvalue weighted by Gasteiger charge is -1.94. The summed E-state index contributed by atoms with van der Waals surface area (Å²) in [4.78, 5) is 4.21. The maximum absolute atomic E-state index is 8.18. The van der Waals surface area contributed by atoms with Crippen LogP contribution in [0.5, 0.6) is 0 Å². The molecule has 0 amide bonds. The lowest BCUT2D eigenvalue weighted by molar-refractivity contribution is -0.193. The van der Waals surface area contributed by atoms with Gasteiger partial charge in [-0.3, -0.25) is 5.21 Å². The summed E-state index contributed by atoms with van der Waals surface area (Å²) < 4.78 is 3.97. The van der Waals surface area contributed by atoms with Crippen molar-refractivity contribution in [3.63, 3.8) is 0 Å². The first-order valence-electron chi connectivity index (χ1n) is 1.24. The molecular formula is CH2N2O2S. The van der Waals surface area contributed by atoms with Crippen LogP contribution in [0.2, 0.25) is 0 Å². The summed E-state index contributed by atoms with van der Waals surface area (Å²) in [5.74, 6) is 0. The molecule has 0 saturated carbocycles. The third-order valence-electron chi connectivity index (χ3n) is 0.297. The van der Waals surface area contributed by atoms with Crippen LogP contribution in [0.1, 0.15) is 0 Å². The molecule has 0 aromatic rings. The molecule has 0 aromatic carbocycles. The molecule has 1 heterocycles. The van der Waals surface area contributed by atoms with E-state index >= 15 is 0 Å². The predicted octanol–water partition coefficient (Wildman–Crippen LogP) is 0.214. The summed E-state index contributed by atoms with van der Waals surface area (Å²) in [5, 5.41) is 8.18. The summed E-state index contributed by atoms with van der Waals surface area (Å²) in [6.45, 7) is 0. The van der Waals surface area contributed by atoms with Gasteiger partial charge in [-0.1, -0.05) is 0 Å². The Morgan fingerprint density at radius 3 is 3.00 bits per heavy atom. The highest BCUT2D eigenvalue weighted by Gasteiger charge is 2.02. The number of rotatable bonds is 0. The summed E-state index contributed by atoms with van der Waals surface area (Å²) in [6, 6.07) is 0. The zero-order valence-corrected chi connectivity index (χ0v) is 3.55. The Labute approximate surface area is 38.6 Å².